The van der Waals surface area contributed by atoms with Gasteiger partial charge in [0, 0.05) is 13.6 Å². The van der Waals surface area contributed by atoms with Crippen molar-refractivity contribution in [1.82, 2.24) is 4.90 Å². The third kappa shape index (κ3) is 3.35. The fourth-order valence-corrected chi connectivity index (χ4v) is 2.13. The highest BCUT2D eigenvalue weighted by molar-refractivity contribution is 5.90. The van der Waals surface area contributed by atoms with Crippen molar-refractivity contribution >= 4 is 22.6 Å². The first-order valence-corrected chi connectivity index (χ1v) is 6.50. The zero-order chi connectivity index (χ0) is 14.5. The van der Waals surface area contributed by atoms with Crippen LogP contribution >= 0.6 is 0 Å². The zero-order valence-corrected chi connectivity index (χ0v) is 11.4. The van der Waals surface area contributed by atoms with Crippen LogP contribution in [0.3, 0.4) is 0 Å². The number of fused-ring (bicyclic) bond motifs is 1. The molecule has 1 amide bonds. The highest BCUT2D eigenvalue weighted by atomic mass is 16.4. The van der Waals surface area contributed by atoms with Crippen LogP contribution < -0.4 is 0 Å². The molecule has 104 valence electrons. The van der Waals surface area contributed by atoms with Gasteiger partial charge in [0.05, 0.1) is 12.8 Å². The number of hydrogen-bond donors (Lipinski definition) is 1. The van der Waals surface area contributed by atoms with Gasteiger partial charge in [0.25, 0.3) is 0 Å². The molecule has 1 N–H and O–H groups in total. The molecule has 0 fully saturated rings. The molecule has 0 aliphatic heterocycles. The van der Waals surface area contributed by atoms with E-state index in [1.807, 2.05) is 42.5 Å². The third-order valence-electron chi connectivity index (χ3n) is 3.31. The van der Waals surface area contributed by atoms with Gasteiger partial charge in [-0.05, 0) is 16.3 Å². The van der Waals surface area contributed by atoms with Crippen LogP contribution in [0.5, 0.6) is 0 Å². The van der Waals surface area contributed by atoms with E-state index in [0.717, 1.165) is 16.3 Å². The summed E-state index contributed by atoms with van der Waals surface area (Å²) in [5.41, 5.74) is 0.968. The predicted molar refractivity (Wildman–Crippen MR) is 77.5 cm³/mol. The summed E-state index contributed by atoms with van der Waals surface area (Å²) in [5.74, 6) is -0.961. The lowest BCUT2D eigenvalue weighted by Gasteiger charge is -2.16. The first kappa shape index (κ1) is 14.1. The van der Waals surface area contributed by atoms with Gasteiger partial charge in [-0.25, -0.2) is 0 Å². The Hall–Kier alpha value is -2.36. The Morgan fingerprint density at radius 1 is 1.10 bits per heavy atom. The monoisotopic (exact) mass is 271 g/mol. The van der Waals surface area contributed by atoms with Gasteiger partial charge < -0.3 is 10.0 Å². The second kappa shape index (κ2) is 6.19. The molecule has 0 saturated heterocycles. The number of amides is 1. The van der Waals surface area contributed by atoms with E-state index >= 15 is 0 Å². The van der Waals surface area contributed by atoms with Crippen LogP contribution in [-0.2, 0) is 16.0 Å². The van der Waals surface area contributed by atoms with Crippen molar-refractivity contribution in [2.24, 2.45) is 0 Å². The number of hydrogen-bond acceptors (Lipinski definition) is 2. The Balaban J connectivity index is 2.12. The Labute approximate surface area is 117 Å². The van der Waals surface area contributed by atoms with E-state index < -0.39 is 5.97 Å². The smallest absolute Gasteiger partial charge is 0.305 e. The van der Waals surface area contributed by atoms with Crippen LogP contribution in [0, 0.1) is 0 Å². The first-order valence-electron chi connectivity index (χ1n) is 6.50. The number of carboxylic acids is 1. The van der Waals surface area contributed by atoms with Crippen molar-refractivity contribution in [3.05, 3.63) is 48.0 Å². The number of aliphatic carboxylic acids is 1. The fourth-order valence-electron chi connectivity index (χ4n) is 2.13. The summed E-state index contributed by atoms with van der Waals surface area (Å²) >= 11 is 0. The largest absolute Gasteiger partial charge is 0.481 e. The summed E-state index contributed by atoms with van der Waals surface area (Å²) in [6.07, 6.45) is 0.259. The summed E-state index contributed by atoms with van der Waals surface area (Å²) in [6.45, 7) is 0.235. The van der Waals surface area contributed by atoms with Crippen LogP contribution in [0.1, 0.15) is 12.0 Å². The summed E-state index contributed by atoms with van der Waals surface area (Å²) in [4.78, 5) is 24.1. The number of nitrogens with zero attached hydrogens (tertiary/aromatic N) is 1. The molecule has 0 aliphatic carbocycles. The maximum atomic E-state index is 12.1. The molecular formula is C16H17NO3. The molecule has 0 spiro atoms. The lowest BCUT2D eigenvalue weighted by Crippen LogP contribution is -2.30. The van der Waals surface area contributed by atoms with E-state index in [1.165, 1.54) is 4.90 Å². The predicted octanol–water partition coefficient (Wildman–Crippen LogP) is 2.32. The quantitative estimate of drug-likeness (QED) is 0.908. The topological polar surface area (TPSA) is 57.6 Å². The number of rotatable bonds is 5. The SMILES string of the molecule is CN(CCC(=O)O)C(=O)Cc1cccc2ccccc12. The van der Waals surface area contributed by atoms with Crippen molar-refractivity contribution in [3.63, 3.8) is 0 Å². The molecule has 20 heavy (non-hydrogen) atoms. The Morgan fingerprint density at radius 3 is 2.55 bits per heavy atom. The Morgan fingerprint density at radius 2 is 1.80 bits per heavy atom. The van der Waals surface area contributed by atoms with Gasteiger partial charge >= 0.3 is 5.97 Å². The highest BCUT2D eigenvalue weighted by Gasteiger charge is 2.12. The van der Waals surface area contributed by atoms with Crippen molar-refractivity contribution in [2.75, 3.05) is 13.6 Å². The minimum atomic E-state index is -0.894. The van der Waals surface area contributed by atoms with Crippen molar-refractivity contribution < 1.29 is 14.7 Å². The molecule has 0 radical (unpaired) electrons. The van der Waals surface area contributed by atoms with Crippen molar-refractivity contribution in [3.8, 4) is 0 Å². The van der Waals surface area contributed by atoms with Gasteiger partial charge in [0.15, 0.2) is 0 Å². The van der Waals surface area contributed by atoms with E-state index in [1.54, 1.807) is 7.05 Å². The van der Waals surface area contributed by atoms with Gasteiger partial charge in [-0.1, -0.05) is 42.5 Å². The van der Waals surface area contributed by atoms with Crippen LogP contribution in [0.25, 0.3) is 10.8 Å². The molecule has 0 aliphatic rings. The van der Waals surface area contributed by atoms with Gasteiger partial charge in [-0.15, -0.1) is 0 Å². The number of carboxylic acid groups (broad SMARTS) is 1. The van der Waals surface area contributed by atoms with E-state index in [0.29, 0.717) is 0 Å². The number of carbonyl (C=O) groups is 2. The molecule has 2 aromatic carbocycles. The van der Waals surface area contributed by atoms with Gasteiger partial charge in [0.1, 0.15) is 0 Å². The molecular weight excluding hydrogens is 254 g/mol. The third-order valence-corrected chi connectivity index (χ3v) is 3.31. The van der Waals surface area contributed by atoms with Gasteiger partial charge in [-0.2, -0.15) is 0 Å². The first-order chi connectivity index (χ1) is 9.58. The molecule has 0 atom stereocenters. The van der Waals surface area contributed by atoms with Crippen LogP contribution in [0.15, 0.2) is 42.5 Å². The zero-order valence-electron chi connectivity index (χ0n) is 11.4. The molecule has 4 nitrogen and oxygen atoms in total. The highest BCUT2D eigenvalue weighted by Crippen LogP contribution is 2.19. The average Bonchev–Trinajstić information content (AvgIpc) is 2.45. The summed E-state index contributed by atoms with van der Waals surface area (Å²) in [7, 11) is 1.64. The van der Waals surface area contributed by atoms with Crippen molar-refractivity contribution in [1.29, 1.82) is 0 Å². The summed E-state index contributed by atoms with van der Waals surface area (Å²) < 4.78 is 0. The fraction of sp³-hybridized carbons (Fsp3) is 0.250. The van der Waals surface area contributed by atoms with Crippen LogP contribution in [0.2, 0.25) is 0 Å². The Bertz CT molecular complexity index is 631. The molecule has 0 heterocycles. The molecule has 0 unspecified atom stereocenters. The number of likely N-dealkylation sites (N-methyl/N-ethyl adjacent to an activating group) is 1. The summed E-state index contributed by atoms with van der Waals surface area (Å²) in [5, 5.41) is 10.8. The Kier molecular flexibility index (Phi) is 4.35. The lowest BCUT2D eigenvalue weighted by molar-refractivity contribution is -0.138. The maximum absolute atomic E-state index is 12.1. The second-order valence-electron chi connectivity index (χ2n) is 4.77. The maximum Gasteiger partial charge on any atom is 0.305 e. The average molecular weight is 271 g/mol. The van der Waals surface area contributed by atoms with E-state index in [2.05, 4.69) is 0 Å². The molecule has 4 heteroatoms. The van der Waals surface area contributed by atoms with E-state index in [4.69, 9.17) is 5.11 Å². The minimum Gasteiger partial charge on any atom is -0.481 e. The molecule has 0 aromatic heterocycles. The minimum absolute atomic E-state index is 0.0300. The van der Waals surface area contributed by atoms with Gasteiger partial charge in [-0.3, -0.25) is 9.59 Å². The van der Waals surface area contributed by atoms with E-state index in [9.17, 15) is 9.59 Å². The van der Waals surface area contributed by atoms with E-state index in [-0.39, 0.29) is 25.3 Å². The molecule has 0 saturated carbocycles. The second-order valence-corrected chi connectivity index (χ2v) is 4.77. The molecule has 2 rings (SSSR count). The normalized spacial score (nSPS) is 10.4. The molecule has 2 aromatic rings. The molecule has 0 bridgehead atoms. The number of carbonyl (C=O) groups excluding carboxylic acids is 1. The van der Waals surface area contributed by atoms with Crippen LogP contribution in [-0.4, -0.2) is 35.5 Å². The lowest BCUT2D eigenvalue weighted by atomic mass is 10.0. The number of benzene rings is 2. The van der Waals surface area contributed by atoms with Crippen molar-refractivity contribution in [2.45, 2.75) is 12.8 Å². The van der Waals surface area contributed by atoms with Crippen LogP contribution in [0.4, 0.5) is 0 Å². The van der Waals surface area contributed by atoms with Gasteiger partial charge in [0.2, 0.25) is 5.91 Å². The summed E-state index contributed by atoms with van der Waals surface area (Å²) in [6, 6.07) is 13.8. The standard InChI is InChI=1S/C16H17NO3/c1-17(10-9-16(19)20)15(18)11-13-7-4-6-12-5-2-3-8-14(12)13/h2-8H,9-11H2,1H3,(H,19,20).